The molecule has 1 radical (unpaired) electrons. The zero-order valence-corrected chi connectivity index (χ0v) is 12.2. The molecule has 1 aliphatic heterocycles. The Morgan fingerprint density at radius 2 is 1.75 bits per heavy atom. The van der Waals surface area contributed by atoms with Crippen LogP contribution in [-0.2, 0) is 37.5 Å². The first-order chi connectivity index (χ1) is 7.30. The zero-order chi connectivity index (χ0) is 10.9. The van der Waals surface area contributed by atoms with Crippen molar-refractivity contribution in [3.05, 3.63) is 43.3 Å². The fraction of sp³-hybridized carbons (Fsp3) is 0.333. The van der Waals surface area contributed by atoms with Crippen LogP contribution in [0.15, 0.2) is 30.3 Å². The number of nitrogens with zero attached hydrogens (tertiary/aromatic N) is 1. The molecule has 0 aromatic heterocycles. The Labute approximate surface area is 122 Å². The maximum absolute atomic E-state index is 10.6. The summed E-state index contributed by atoms with van der Waals surface area (Å²) in [5.74, 6) is -0.0588. The van der Waals surface area contributed by atoms with Gasteiger partial charge in [0.2, 0.25) is 0 Å². The molecule has 0 saturated carbocycles. The van der Waals surface area contributed by atoms with Crippen LogP contribution < -0.4 is 5.32 Å². The number of piperazine rings is 1. The van der Waals surface area contributed by atoms with Crippen molar-refractivity contribution in [2.75, 3.05) is 26.2 Å². The summed E-state index contributed by atoms with van der Waals surface area (Å²) in [5, 5.41) is 3.15. The first-order valence-corrected chi connectivity index (χ1v) is 5.03. The minimum atomic E-state index is -0.0588. The molecule has 2 rings (SSSR count). The van der Waals surface area contributed by atoms with Crippen LogP contribution in [0.4, 0.5) is 0 Å². The summed E-state index contributed by atoms with van der Waals surface area (Å²) in [7, 11) is 0. The van der Waals surface area contributed by atoms with E-state index in [-0.39, 0.29) is 38.6 Å². The van der Waals surface area contributed by atoms with Crippen LogP contribution in [0.3, 0.4) is 0 Å². The van der Waals surface area contributed by atoms with Crippen molar-refractivity contribution in [1.29, 1.82) is 0 Å². The van der Waals surface area contributed by atoms with Gasteiger partial charge >= 0.3 is 0 Å². The number of benzene rings is 1. The van der Waals surface area contributed by atoms with Crippen LogP contribution in [0.1, 0.15) is 0 Å². The first kappa shape index (κ1) is 15.6. The van der Waals surface area contributed by atoms with E-state index >= 15 is 0 Å². The fourth-order valence-corrected chi connectivity index (χ4v) is 1.26. The van der Waals surface area contributed by atoms with Gasteiger partial charge in [0.1, 0.15) is 0 Å². The first-order valence-electron chi connectivity index (χ1n) is 5.03. The molecule has 0 spiro atoms. The minimum absolute atomic E-state index is 0. The molecule has 1 aromatic carbocycles. The molecule has 3 nitrogen and oxygen atoms in total. The van der Waals surface area contributed by atoms with Gasteiger partial charge in [0, 0.05) is 58.9 Å². The summed E-state index contributed by atoms with van der Waals surface area (Å²) in [5.41, 5.74) is 0. The van der Waals surface area contributed by atoms with Gasteiger partial charge in [0.25, 0.3) is 0 Å². The molecule has 1 amide bonds. The van der Waals surface area contributed by atoms with Crippen molar-refractivity contribution in [1.82, 2.24) is 10.2 Å². The number of amides is 1. The smallest absolute Gasteiger partial charge is 0.0823 e. The van der Waals surface area contributed by atoms with Gasteiger partial charge in [-0.3, -0.25) is 0 Å². The Balaban J connectivity index is 0.000000283. The molecular weight excluding hydrogens is 277 g/mol. The van der Waals surface area contributed by atoms with Crippen LogP contribution in [-0.4, -0.2) is 37.0 Å². The van der Waals surface area contributed by atoms with E-state index in [2.05, 4.69) is 18.3 Å². The van der Waals surface area contributed by atoms with Crippen LogP contribution in [0, 0.1) is 13.0 Å². The van der Waals surface area contributed by atoms with Crippen LogP contribution in [0.25, 0.3) is 0 Å². The third-order valence-electron chi connectivity index (χ3n) is 2.08. The van der Waals surface area contributed by atoms with Gasteiger partial charge in [-0.05, 0) is 0 Å². The van der Waals surface area contributed by atoms with Crippen molar-refractivity contribution in [3.63, 3.8) is 0 Å². The van der Waals surface area contributed by atoms with E-state index in [9.17, 15) is 4.79 Å². The van der Waals surface area contributed by atoms with Crippen molar-refractivity contribution in [3.8, 4) is 0 Å². The molecule has 16 heavy (non-hydrogen) atoms. The van der Waals surface area contributed by atoms with E-state index in [0.29, 0.717) is 0 Å². The summed E-state index contributed by atoms with van der Waals surface area (Å²) < 4.78 is 0. The van der Waals surface area contributed by atoms with Gasteiger partial charge in [-0.15, -0.1) is 0 Å². The summed E-state index contributed by atoms with van der Waals surface area (Å²) >= 11 is 0. The molecule has 4 heteroatoms. The average Bonchev–Trinajstić information content (AvgIpc) is 2.33. The second-order valence-electron chi connectivity index (χ2n) is 3.21. The van der Waals surface area contributed by atoms with E-state index in [1.54, 1.807) is 4.90 Å². The van der Waals surface area contributed by atoms with Crippen molar-refractivity contribution < 1.29 is 37.5 Å². The Hall–Kier alpha value is -0.376. The van der Waals surface area contributed by atoms with E-state index in [1.165, 1.54) is 0 Å². The van der Waals surface area contributed by atoms with Gasteiger partial charge in [0.15, 0.2) is 0 Å². The van der Waals surface area contributed by atoms with Crippen molar-refractivity contribution in [2.45, 2.75) is 0 Å². The van der Waals surface area contributed by atoms with E-state index in [0.717, 1.165) is 26.2 Å². The molecule has 0 bridgehead atoms. The fourth-order valence-electron chi connectivity index (χ4n) is 1.26. The third-order valence-corrected chi connectivity index (χ3v) is 2.08. The van der Waals surface area contributed by atoms with Gasteiger partial charge in [-0.25, -0.2) is 0 Å². The molecule has 1 aliphatic rings. The number of carbonyl (C=O) groups excluding carboxylic acids is 1. The Morgan fingerprint density at radius 1 is 1.19 bits per heavy atom. The number of carbonyl (C=O) groups is 1. The normalized spacial score (nSPS) is 14.1. The number of rotatable bonds is 0. The molecule has 85 valence electrons. The third kappa shape index (κ3) is 6.99. The van der Waals surface area contributed by atoms with Crippen LogP contribution >= 0.6 is 0 Å². The van der Waals surface area contributed by atoms with Gasteiger partial charge in [-0.1, -0.05) is 0 Å². The summed E-state index contributed by atoms with van der Waals surface area (Å²) in [6, 6.07) is 12.5. The molecule has 1 N–H and O–H groups in total. The summed E-state index contributed by atoms with van der Waals surface area (Å²) in [6.07, 6.45) is 0. The summed E-state index contributed by atoms with van der Waals surface area (Å²) in [4.78, 5) is 12.3. The van der Waals surface area contributed by atoms with Gasteiger partial charge < -0.3 is 21.9 Å². The summed E-state index contributed by atoms with van der Waals surface area (Å²) in [6.45, 7) is 6.75. The average molecular weight is 293 g/mol. The molecule has 0 unspecified atom stereocenters. The predicted octanol–water partition coefficient (Wildman–Crippen LogP) is 0.737. The van der Waals surface area contributed by atoms with Crippen LogP contribution in [0.2, 0.25) is 0 Å². The Bertz CT molecular complexity index is 247. The largest absolute Gasteiger partial charge is 0.365 e. The standard InChI is InChI=1S/C6H11N2O.C6H5.Y/c1-6(9)8-4-2-7-3-5-8;1-2-4-6-5-3-1;/h7H,1-5H2;1-5H;/q2*-1;. The second kappa shape index (κ2) is 9.82. The predicted molar refractivity (Wildman–Crippen MR) is 60.1 cm³/mol. The second-order valence-corrected chi connectivity index (χ2v) is 3.21. The quantitative estimate of drug-likeness (QED) is 0.716. The maximum atomic E-state index is 10.6. The van der Waals surface area contributed by atoms with E-state index in [4.69, 9.17) is 0 Å². The van der Waals surface area contributed by atoms with Crippen LogP contribution in [0.5, 0.6) is 0 Å². The van der Waals surface area contributed by atoms with Gasteiger partial charge in [0.05, 0.1) is 5.91 Å². The molecule has 1 saturated heterocycles. The number of nitrogens with one attached hydrogen (secondary N) is 1. The molecular formula is C12H16N2OY-2. The number of hydrogen-bond acceptors (Lipinski definition) is 2. The topological polar surface area (TPSA) is 32.3 Å². The SMILES string of the molecule is [CH2-]C(=O)N1CCNCC1.[Y].[c-]1ccccc1. The molecule has 1 aromatic rings. The van der Waals surface area contributed by atoms with Gasteiger partial charge in [-0.2, -0.15) is 36.4 Å². The van der Waals surface area contributed by atoms with Crippen molar-refractivity contribution >= 4 is 5.91 Å². The van der Waals surface area contributed by atoms with Crippen molar-refractivity contribution in [2.24, 2.45) is 0 Å². The Kier molecular flexibility index (Phi) is 9.59. The Morgan fingerprint density at radius 3 is 2.00 bits per heavy atom. The molecule has 0 aliphatic carbocycles. The minimum Gasteiger partial charge on any atom is -0.365 e. The monoisotopic (exact) mass is 293 g/mol. The maximum Gasteiger partial charge on any atom is 0.0823 e. The zero-order valence-electron chi connectivity index (χ0n) is 9.36. The molecule has 1 heterocycles. The molecule has 0 atom stereocenters. The number of hydrogen-bond donors (Lipinski definition) is 1. The molecule has 1 fully saturated rings. The van der Waals surface area contributed by atoms with E-state index in [1.807, 2.05) is 30.3 Å². The van der Waals surface area contributed by atoms with E-state index < -0.39 is 0 Å².